The second kappa shape index (κ2) is 11.1. The molecule has 3 rings (SSSR count). The molecule has 11 heteroatoms. The van der Waals surface area contributed by atoms with Crippen LogP contribution in [0.15, 0.2) is 64.6 Å². The predicted molar refractivity (Wildman–Crippen MR) is 125 cm³/mol. The number of aromatic nitrogens is 3. The zero-order chi connectivity index (χ0) is 23.8. The van der Waals surface area contributed by atoms with Crippen molar-refractivity contribution >= 4 is 39.2 Å². The minimum Gasteiger partial charge on any atom is -0.462 e. The summed E-state index contributed by atoms with van der Waals surface area (Å²) in [5.41, 5.74) is 0.952. The van der Waals surface area contributed by atoms with Crippen LogP contribution in [-0.4, -0.2) is 47.4 Å². The van der Waals surface area contributed by atoms with Gasteiger partial charge in [-0.15, -0.1) is 10.2 Å². The number of thioether (sulfide) groups is 1. The summed E-state index contributed by atoms with van der Waals surface area (Å²) < 4.78 is 31.8. The fraction of sp³-hybridized carbons (Fsp3) is 0.273. The number of esters is 1. The Bertz CT molecular complexity index is 1210. The minimum absolute atomic E-state index is 0.0533. The van der Waals surface area contributed by atoms with Gasteiger partial charge in [-0.2, -0.15) is 0 Å². The van der Waals surface area contributed by atoms with Crippen molar-refractivity contribution < 1.29 is 22.7 Å². The van der Waals surface area contributed by atoms with E-state index in [9.17, 15) is 18.0 Å². The standard InChI is InChI=1S/C22H24N4O5S2/c1-3-13-31-21(28)16-9-11-17(12-10-16)23-20(27)14-32-22-25-24-19(26(22)2)15-33(29,30)18-7-5-4-6-8-18/h4-12H,3,13-15H2,1-2H3,(H,23,27). The first-order valence-corrected chi connectivity index (χ1v) is 12.8. The molecule has 0 saturated carbocycles. The molecule has 0 fully saturated rings. The van der Waals surface area contributed by atoms with Gasteiger partial charge in [-0.05, 0) is 42.8 Å². The highest BCUT2D eigenvalue weighted by molar-refractivity contribution is 7.99. The van der Waals surface area contributed by atoms with E-state index in [1.807, 2.05) is 6.92 Å². The number of hydrogen-bond donors (Lipinski definition) is 1. The normalized spacial score (nSPS) is 11.2. The summed E-state index contributed by atoms with van der Waals surface area (Å²) in [5, 5.41) is 11.2. The Kier molecular flexibility index (Phi) is 8.23. The summed E-state index contributed by atoms with van der Waals surface area (Å²) in [6.07, 6.45) is 0.743. The number of amides is 1. The maximum atomic E-state index is 12.6. The van der Waals surface area contributed by atoms with Gasteiger partial charge in [0.2, 0.25) is 5.91 Å². The van der Waals surface area contributed by atoms with Crippen molar-refractivity contribution in [2.75, 3.05) is 17.7 Å². The maximum Gasteiger partial charge on any atom is 0.338 e. The Labute approximate surface area is 196 Å². The Morgan fingerprint density at radius 2 is 1.76 bits per heavy atom. The molecule has 1 N–H and O–H groups in total. The number of benzene rings is 2. The third kappa shape index (κ3) is 6.65. The van der Waals surface area contributed by atoms with Crippen LogP contribution in [0.1, 0.15) is 29.5 Å². The number of ether oxygens (including phenoxy) is 1. The van der Waals surface area contributed by atoms with E-state index in [0.717, 1.165) is 18.2 Å². The molecule has 1 aromatic heterocycles. The third-order valence-electron chi connectivity index (χ3n) is 4.52. The smallest absolute Gasteiger partial charge is 0.338 e. The zero-order valence-corrected chi connectivity index (χ0v) is 19.9. The van der Waals surface area contributed by atoms with Crippen molar-refractivity contribution in [1.82, 2.24) is 14.8 Å². The molecule has 0 bridgehead atoms. The van der Waals surface area contributed by atoms with Crippen molar-refractivity contribution in [2.24, 2.45) is 7.05 Å². The maximum absolute atomic E-state index is 12.6. The van der Waals surface area contributed by atoms with Gasteiger partial charge in [0.15, 0.2) is 15.0 Å². The Hall–Kier alpha value is -3.18. The molecule has 0 spiro atoms. The van der Waals surface area contributed by atoms with E-state index in [2.05, 4.69) is 15.5 Å². The summed E-state index contributed by atoms with van der Waals surface area (Å²) in [6, 6.07) is 14.6. The van der Waals surface area contributed by atoms with Crippen molar-refractivity contribution in [3.05, 3.63) is 66.0 Å². The van der Waals surface area contributed by atoms with E-state index in [4.69, 9.17) is 4.74 Å². The number of nitrogens with zero attached hydrogens (tertiary/aromatic N) is 3. The number of carbonyl (C=O) groups excluding carboxylic acids is 2. The summed E-state index contributed by atoms with van der Waals surface area (Å²) in [6.45, 7) is 2.27. The summed E-state index contributed by atoms with van der Waals surface area (Å²) in [5.74, 6) is -0.634. The average molecular weight is 489 g/mol. The topological polar surface area (TPSA) is 120 Å². The van der Waals surface area contributed by atoms with Gasteiger partial charge in [0, 0.05) is 12.7 Å². The van der Waals surface area contributed by atoms with E-state index < -0.39 is 15.8 Å². The number of rotatable bonds is 10. The van der Waals surface area contributed by atoms with Crippen LogP contribution in [0, 0.1) is 0 Å². The molecule has 0 aliphatic heterocycles. The first-order chi connectivity index (χ1) is 15.8. The Morgan fingerprint density at radius 3 is 2.42 bits per heavy atom. The van der Waals surface area contributed by atoms with Crippen LogP contribution in [-0.2, 0) is 32.2 Å². The van der Waals surface area contributed by atoms with Crippen LogP contribution >= 0.6 is 11.8 Å². The molecule has 33 heavy (non-hydrogen) atoms. The number of anilines is 1. The van der Waals surface area contributed by atoms with E-state index in [1.54, 1.807) is 54.1 Å². The lowest BCUT2D eigenvalue weighted by atomic mass is 10.2. The lowest BCUT2D eigenvalue weighted by molar-refractivity contribution is -0.113. The number of carbonyl (C=O) groups is 2. The highest BCUT2D eigenvalue weighted by Gasteiger charge is 2.20. The summed E-state index contributed by atoms with van der Waals surface area (Å²) in [7, 11) is -1.90. The van der Waals surface area contributed by atoms with Crippen LogP contribution in [0.4, 0.5) is 5.69 Å². The third-order valence-corrected chi connectivity index (χ3v) is 7.17. The van der Waals surface area contributed by atoms with Gasteiger partial charge in [-0.25, -0.2) is 13.2 Å². The predicted octanol–water partition coefficient (Wildman–Crippen LogP) is 3.09. The fourth-order valence-corrected chi connectivity index (χ4v) is 4.83. The van der Waals surface area contributed by atoms with Gasteiger partial charge in [-0.1, -0.05) is 36.9 Å². The van der Waals surface area contributed by atoms with Crippen molar-refractivity contribution in [3.8, 4) is 0 Å². The van der Waals surface area contributed by atoms with Crippen LogP contribution < -0.4 is 5.32 Å². The monoisotopic (exact) mass is 488 g/mol. The highest BCUT2D eigenvalue weighted by Crippen LogP contribution is 2.20. The average Bonchev–Trinajstić information content (AvgIpc) is 3.15. The molecule has 0 saturated heterocycles. The first-order valence-electron chi connectivity index (χ1n) is 10.2. The molecule has 0 aliphatic carbocycles. The first kappa shape index (κ1) is 24.5. The summed E-state index contributed by atoms with van der Waals surface area (Å²) in [4.78, 5) is 24.3. The molecule has 0 aliphatic rings. The quantitative estimate of drug-likeness (QED) is 0.341. The van der Waals surface area contributed by atoms with E-state index in [1.165, 1.54) is 12.1 Å². The summed E-state index contributed by atoms with van der Waals surface area (Å²) >= 11 is 1.14. The Morgan fingerprint density at radius 1 is 1.06 bits per heavy atom. The lowest BCUT2D eigenvalue weighted by Crippen LogP contribution is -2.15. The molecule has 0 unspecified atom stereocenters. The SMILES string of the molecule is CCCOC(=O)c1ccc(NC(=O)CSc2nnc(CS(=O)(=O)c3ccccc3)n2C)cc1. The molecule has 9 nitrogen and oxygen atoms in total. The van der Waals surface area contributed by atoms with Crippen molar-refractivity contribution in [3.63, 3.8) is 0 Å². The van der Waals surface area contributed by atoms with E-state index in [0.29, 0.717) is 23.0 Å². The molecule has 174 valence electrons. The molecule has 2 aromatic carbocycles. The van der Waals surface area contributed by atoms with Gasteiger partial charge >= 0.3 is 5.97 Å². The second-order valence-electron chi connectivity index (χ2n) is 7.08. The van der Waals surface area contributed by atoms with Crippen LogP contribution in [0.5, 0.6) is 0 Å². The molecule has 0 radical (unpaired) electrons. The van der Waals surface area contributed by atoms with Crippen LogP contribution in [0.3, 0.4) is 0 Å². The molecule has 3 aromatic rings. The van der Waals surface area contributed by atoms with Crippen LogP contribution in [0.2, 0.25) is 0 Å². The van der Waals surface area contributed by atoms with Gasteiger partial charge in [0.1, 0.15) is 11.6 Å². The molecular weight excluding hydrogens is 464 g/mol. The molecule has 0 atom stereocenters. The second-order valence-corrected chi connectivity index (χ2v) is 10.0. The van der Waals surface area contributed by atoms with Gasteiger partial charge in [0.05, 0.1) is 22.8 Å². The van der Waals surface area contributed by atoms with E-state index in [-0.39, 0.29) is 28.1 Å². The Balaban J connectivity index is 1.55. The molecule has 1 amide bonds. The fourth-order valence-electron chi connectivity index (χ4n) is 2.77. The molecule has 1 heterocycles. The highest BCUT2D eigenvalue weighted by atomic mass is 32.2. The number of nitrogens with one attached hydrogen (secondary N) is 1. The van der Waals surface area contributed by atoms with Gasteiger partial charge in [0.25, 0.3) is 0 Å². The molecular formula is C22H24N4O5S2. The van der Waals surface area contributed by atoms with Crippen LogP contribution in [0.25, 0.3) is 0 Å². The lowest BCUT2D eigenvalue weighted by Gasteiger charge is -2.07. The van der Waals surface area contributed by atoms with E-state index >= 15 is 0 Å². The van der Waals surface area contributed by atoms with Gasteiger partial charge < -0.3 is 14.6 Å². The van der Waals surface area contributed by atoms with Gasteiger partial charge in [-0.3, -0.25) is 4.79 Å². The zero-order valence-electron chi connectivity index (χ0n) is 18.2. The largest absolute Gasteiger partial charge is 0.462 e. The number of hydrogen-bond acceptors (Lipinski definition) is 8. The minimum atomic E-state index is -3.55. The van der Waals surface area contributed by atoms with Crippen molar-refractivity contribution in [1.29, 1.82) is 0 Å². The van der Waals surface area contributed by atoms with Crippen molar-refractivity contribution in [2.45, 2.75) is 29.1 Å². The number of sulfone groups is 1.